The Morgan fingerprint density at radius 2 is 2.08 bits per heavy atom. The van der Waals surface area contributed by atoms with Crippen LogP contribution in [0, 0.1) is 0 Å². The molecule has 0 aliphatic heterocycles. The summed E-state index contributed by atoms with van der Waals surface area (Å²) in [6.45, 7) is 0. The van der Waals surface area contributed by atoms with Gasteiger partial charge in [-0.25, -0.2) is 0 Å². The number of thiocarbonyl (C=S) groups is 1. The summed E-state index contributed by atoms with van der Waals surface area (Å²) in [5.41, 5.74) is 5.91. The van der Waals surface area contributed by atoms with Crippen LogP contribution in [0.3, 0.4) is 0 Å². The molecule has 4 N–H and O–H groups in total. The van der Waals surface area contributed by atoms with Crippen LogP contribution in [0.5, 0.6) is 11.5 Å². The summed E-state index contributed by atoms with van der Waals surface area (Å²) in [6.07, 6.45) is 0.349. The lowest BCUT2D eigenvalue weighted by atomic mass is 10.1. The fourth-order valence-corrected chi connectivity index (χ4v) is 1.04. The first kappa shape index (κ1) is 8.80. The van der Waals surface area contributed by atoms with Gasteiger partial charge < -0.3 is 15.9 Å². The highest BCUT2D eigenvalue weighted by Crippen LogP contribution is 2.22. The molecule has 1 rings (SSSR count). The zero-order valence-electron chi connectivity index (χ0n) is 6.32. The first-order chi connectivity index (χ1) is 5.59. The van der Waals surface area contributed by atoms with E-state index in [0.29, 0.717) is 17.0 Å². The summed E-state index contributed by atoms with van der Waals surface area (Å²) in [5.74, 6) is 0.0435. The van der Waals surface area contributed by atoms with E-state index in [1.807, 2.05) is 0 Å². The molecule has 0 atom stereocenters. The van der Waals surface area contributed by atoms with Gasteiger partial charge in [-0.2, -0.15) is 0 Å². The Labute approximate surface area is 75.4 Å². The highest BCUT2D eigenvalue weighted by molar-refractivity contribution is 7.80. The molecule has 0 saturated heterocycles. The summed E-state index contributed by atoms with van der Waals surface area (Å²) in [5, 5.41) is 18.2. The fourth-order valence-electron chi connectivity index (χ4n) is 0.889. The SMILES string of the molecule is NC(=S)Cc1ccc(O)cc1O. The number of hydrogen-bond acceptors (Lipinski definition) is 3. The van der Waals surface area contributed by atoms with Crippen molar-refractivity contribution in [3.8, 4) is 11.5 Å². The average molecular weight is 183 g/mol. The van der Waals surface area contributed by atoms with Gasteiger partial charge in [-0.1, -0.05) is 18.3 Å². The van der Waals surface area contributed by atoms with Crippen LogP contribution in [0.4, 0.5) is 0 Å². The molecule has 0 spiro atoms. The minimum atomic E-state index is 0.0165. The second kappa shape index (κ2) is 3.40. The van der Waals surface area contributed by atoms with E-state index in [-0.39, 0.29) is 11.5 Å². The van der Waals surface area contributed by atoms with Crippen molar-refractivity contribution in [1.29, 1.82) is 0 Å². The molecule has 3 nitrogen and oxygen atoms in total. The van der Waals surface area contributed by atoms with Crippen LogP contribution in [0.1, 0.15) is 5.56 Å². The molecule has 12 heavy (non-hydrogen) atoms. The molecule has 0 aliphatic rings. The van der Waals surface area contributed by atoms with Crippen molar-refractivity contribution >= 4 is 17.2 Å². The number of aromatic hydroxyl groups is 2. The van der Waals surface area contributed by atoms with Gasteiger partial charge in [0.05, 0.1) is 4.99 Å². The number of phenols is 2. The fraction of sp³-hybridized carbons (Fsp3) is 0.125. The van der Waals surface area contributed by atoms with E-state index in [9.17, 15) is 5.11 Å². The van der Waals surface area contributed by atoms with E-state index in [0.717, 1.165) is 0 Å². The molecule has 0 fully saturated rings. The molecule has 0 saturated carbocycles. The third-order valence-corrected chi connectivity index (χ3v) is 1.58. The summed E-state index contributed by atoms with van der Waals surface area (Å²) in [6, 6.07) is 4.32. The summed E-state index contributed by atoms with van der Waals surface area (Å²) in [7, 11) is 0. The summed E-state index contributed by atoms with van der Waals surface area (Å²) in [4.78, 5) is 0.316. The van der Waals surface area contributed by atoms with E-state index in [1.165, 1.54) is 12.1 Å². The molecule has 0 aliphatic carbocycles. The standard InChI is InChI=1S/C8H9NO2S/c9-8(12)3-5-1-2-6(10)4-7(5)11/h1-2,4,10-11H,3H2,(H2,9,12). The maximum Gasteiger partial charge on any atom is 0.122 e. The molecular weight excluding hydrogens is 174 g/mol. The first-order valence-electron chi connectivity index (χ1n) is 3.39. The number of hydrogen-bond donors (Lipinski definition) is 3. The van der Waals surface area contributed by atoms with Crippen molar-refractivity contribution in [2.45, 2.75) is 6.42 Å². The highest BCUT2D eigenvalue weighted by Gasteiger charge is 2.02. The Hall–Kier alpha value is -1.29. The lowest BCUT2D eigenvalue weighted by Gasteiger charge is -2.02. The molecule has 0 radical (unpaired) electrons. The van der Waals surface area contributed by atoms with Crippen LogP contribution in [-0.2, 0) is 6.42 Å². The second-order valence-electron chi connectivity index (χ2n) is 2.46. The van der Waals surface area contributed by atoms with Crippen LogP contribution in [0.2, 0.25) is 0 Å². The molecule has 0 aromatic heterocycles. The second-order valence-corrected chi connectivity index (χ2v) is 2.98. The van der Waals surface area contributed by atoms with E-state index in [4.69, 9.17) is 10.8 Å². The van der Waals surface area contributed by atoms with Crippen LogP contribution in [-0.4, -0.2) is 15.2 Å². The molecule has 0 unspecified atom stereocenters. The number of phenolic OH excluding ortho intramolecular Hbond substituents is 2. The minimum absolute atomic E-state index is 0.0165. The van der Waals surface area contributed by atoms with E-state index >= 15 is 0 Å². The van der Waals surface area contributed by atoms with Gasteiger partial charge in [0.25, 0.3) is 0 Å². The van der Waals surface area contributed by atoms with Gasteiger partial charge in [0, 0.05) is 18.1 Å². The average Bonchev–Trinajstić information content (AvgIpc) is 1.94. The Bertz CT molecular complexity index is 312. The molecular formula is C8H9NO2S. The van der Waals surface area contributed by atoms with Gasteiger partial charge in [0.2, 0.25) is 0 Å². The molecule has 1 aromatic carbocycles. The van der Waals surface area contributed by atoms with Crippen molar-refractivity contribution < 1.29 is 10.2 Å². The lowest BCUT2D eigenvalue weighted by Crippen LogP contribution is -2.10. The van der Waals surface area contributed by atoms with Gasteiger partial charge >= 0.3 is 0 Å². The predicted molar refractivity (Wildman–Crippen MR) is 50.3 cm³/mol. The van der Waals surface area contributed by atoms with Crippen molar-refractivity contribution in [3.05, 3.63) is 23.8 Å². The molecule has 64 valence electrons. The lowest BCUT2D eigenvalue weighted by molar-refractivity contribution is 0.447. The van der Waals surface area contributed by atoms with Crippen LogP contribution >= 0.6 is 12.2 Å². The maximum absolute atomic E-state index is 9.27. The number of nitrogens with two attached hydrogens (primary N) is 1. The predicted octanol–water partition coefficient (Wildman–Crippen LogP) is 0.926. The largest absolute Gasteiger partial charge is 0.508 e. The summed E-state index contributed by atoms with van der Waals surface area (Å²) < 4.78 is 0. The third kappa shape index (κ3) is 2.10. The minimum Gasteiger partial charge on any atom is -0.508 e. The first-order valence-corrected chi connectivity index (χ1v) is 3.79. The quantitative estimate of drug-likeness (QED) is 0.597. The van der Waals surface area contributed by atoms with Gasteiger partial charge in [0.15, 0.2) is 0 Å². The van der Waals surface area contributed by atoms with Gasteiger partial charge in [-0.15, -0.1) is 0 Å². The van der Waals surface area contributed by atoms with Crippen molar-refractivity contribution in [3.63, 3.8) is 0 Å². The van der Waals surface area contributed by atoms with Gasteiger partial charge in [-0.05, 0) is 6.07 Å². The Kier molecular flexibility index (Phi) is 2.50. The van der Waals surface area contributed by atoms with Crippen LogP contribution in [0.25, 0.3) is 0 Å². The molecule has 0 bridgehead atoms. The van der Waals surface area contributed by atoms with Crippen molar-refractivity contribution in [1.82, 2.24) is 0 Å². The Morgan fingerprint density at radius 3 is 2.58 bits per heavy atom. The highest BCUT2D eigenvalue weighted by atomic mass is 32.1. The van der Waals surface area contributed by atoms with Gasteiger partial charge in [-0.3, -0.25) is 0 Å². The van der Waals surface area contributed by atoms with E-state index in [1.54, 1.807) is 6.07 Å². The topological polar surface area (TPSA) is 66.5 Å². The number of benzene rings is 1. The van der Waals surface area contributed by atoms with Crippen molar-refractivity contribution in [2.24, 2.45) is 5.73 Å². The molecule has 4 heteroatoms. The summed E-state index contributed by atoms with van der Waals surface area (Å²) >= 11 is 4.67. The molecule has 0 heterocycles. The zero-order chi connectivity index (χ0) is 9.14. The normalized spacial score (nSPS) is 9.67. The van der Waals surface area contributed by atoms with Crippen LogP contribution < -0.4 is 5.73 Å². The molecule has 1 aromatic rings. The smallest absolute Gasteiger partial charge is 0.122 e. The van der Waals surface area contributed by atoms with Crippen molar-refractivity contribution in [2.75, 3.05) is 0 Å². The number of rotatable bonds is 2. The maximum atomic E-state index is 9.27. The monoisotopic (exact) mass is 183 g/mol. The molecule has 0 amide bonds. The Balaban J connectivity index is 2.93. The zero-order valence-corrected chi connectivity index (χ0v) is 7.14. The van der Waals surface area contributed by atoms with E-state index in [2.05, 4.69) is 12.2 Å². The third-order valence-electron chi connectivity index (χ3n) is 1.43. The van der Waals surface area contributed by atoms with Gasteiger partial charge in [0.1, 0.15) is 11.5 Å². The van der Waals surface area contributed by atoms with E-state index < -0.39 is 0 Å². The van der Waals surface area contributed by atoms with Crippen LogP contribution in [0.15, 0.2) is 18.2 Å². The Morgan fingerprint density at radius 1 is 1.42 bits per heavy atom.